The lowest BCUT2D eigenvalue weighted by atomic mass is 10.1. The van der Waals surface area contributed by atoms with Crippen molar-refractivity contribution in [3.63, 3.8) is 0 Å². The van der Waals surface area contributed by atoms with Crippen molar-refractivity contribution >= 4 is 11.9 Å². The summed E-state index contributed by atoms with van der Waals surface area (Å²) >= 11 is 0. The molecule has 0 bridgehead atoms. The number of hydrogen-bond acceptors (Lipinski definition) is 4. The standard InChI is InChI=1S/C14H28O2.C12H20O2/c1-3-5-7-8-9-10-12-14(15)16-13-11-6-4-2;1-3-4-5-6-7-8-9-10-11-14-12(2)13/h3-13H2,1-2H3;6-9H,3-5,10-11H2,1-2H3. The maximum absolute atomic E-state index is 11.3. The van der Waals surface area contributed by atoms with Crippen LogP contribution in [0, 0.1) is 0 Å². The van der Waals surface area contributed by atoms with Crippen molar-refractivity contribution in [1.82, 2.24) is 0 Å². The minimum absolute atomic E-state index is 0.00778. The highest BCUT2D eigenvalue weighted by atomic mass is 16.5. The number of allylic oxidation sites excluding steroid dienone is 3. The number of rotatable bonds is 18. The van der Waals surface area contributed by atoms with E-state index < -0.39 is 0 Å². The number of esters is 2. The van der Waals surface area contributed by atoms with Crippen molar-refractivity contribution in [1.29, 1.82) is 0 Å². The minimum atomic E-state index is -0.211. The van der Waals surface area contributed by atoms with Gasteiger partial charge in [0.1, 0.15) is 0 Å². The second-order valence-corrected chi connectivity index (χ2v) is 7.57. The van der Waals surface area contributed by atoms with Gasteiger partial charge in [0.2, 0.25) is 0 Å². The van der Waals surface area contributed by atoms with Crippen LogP contribution in [0.5, 0.6) is 0 Å². The lowest BCUT2D eigenvalue weighted by molar-refractivity contribution is -0.144. The summed E-state index contributed by atoms with van der Waals surface area (Å²) in [5.74, 6) is -0.219. The van der Waals surface area contributed by atoms with Gasteiger partial charge in [0.05, 0.1) is 13.2 Å². The normalized spacial score (nSPS) is 10.8. The summed E-state index contributed by atoms with van der Waals surface area (Å²) in [7, 11) is 0. The summed E-state index contributed by atoms with van der Waals surface area (Å²) in [6.07, 6.45) is 23.9. The van der Waals surface area contributed by atoms with Crippen molar-refractivity contribution in [2.45, 2.75) is 118 Å². The number of hydrogen-bond donors (Lipinski definition) is 0. The molecule has 0 amide bonds. The Morgan fingerprint density at radius 1 is 0.633 bits per heavy atom. The quantitative estimate of drug-likeness (QED) is 0.128. The van der Waals surface area contributed by atoms with Crippen LogP contribution in [0.1, 0.15) is 118 Å². The highest BCUT2D eigenvalue weighted by Gasteiger charge is 2.01. The molecule has 4 heteroatoms. The Morgan fingerprint density at radius 3 is 1.83 bits per heavy atom. The Morgan fingerprint density at radius 2 is 1.20 bits per heavy atom. The Hall–Kier alpha value is -1.58. The molecule has 0 aliphatic carbocycles. The number of carbonyl (C=O) groups excluding carboxylic acids is 2. The summed E-state index contributed by atoms with van der Waals surface area (Å²) in [4.78, 5) is 21.7. The molecule has 0 aliphatic heterocycles. The molecule has 0 aromatic heterocycles. The SMILES string of the molecule is CCCCC=CC=CCCOC(C)=O.CCCCCCCCC(=O)OCCCCC. The average molecular weight is 425 g/mol. The van der Waals surface area contributed by atoms with E-state index in [1.54, 1.807) is 0 Å². The molecule has 0 unspecified atom stereocenters. The molecule has 0 atom stereocenters. The fourth-order valence-electron chi connectivity index (χ4n) is 2.60. The van der Waals surface area contributed by atoms with Crippen LogP contribution in [-0.4, -0.2) is 25.2 Å². The molecule has 0 saturated carbocycles. The largest absolute Gasteiger partial charge is 0.466 e. The van der Waals surface area contributed by atoms with Crippen molar-refractivity contribution in [2.75, 3.05) is 13.2 Å². The monoisotopic (exact) mass is 424 g/mol. The van der Waals surface area contributed by atoms with Gasteiger partial charge in [-0.2, -0.15) is 0 Å². The van der Waals surface area contributed by atoms with Gasteiger partial charge < -0.3 is 9.47 Å². The van der Waals surface area contributed by atoms with Gasteiger partial charge in [0.25, 0.3) is 0 Å². The predicted octanol–water partition coefficient (Wildman–Crippen LogP) is 7.71. The highest BCUT2D eigenvalue weighted by Crippen LogP contribution is 2.07. The van der Waals surface area contributed by atoms with Crippen LogP contribution in [0.25, 0.3) is 0 Å². The van der Waals surface area contributed by atoms with Gasteiger partial charge in [-0.25, -0.2) is 0 Å². The lowest BCUT2D eigenvalue weighted by Gasteiger charge is -2.04. The molecule has 0 aromatic carbocycles. The van der Waals surface area contributed by atoms with Crippen molar-refractivity contribution < 1.29 is 19.1 Å². The maximum Gasteiger partial charge on any atom is 0.305 e. The van der Waals surface area contributed by atoms with Crippen LogP contribution in [-0.2, 0) is 19.1 Å². The first-order valence-corrected chi connectivity index (χ1v) is 12.2. The van der Waals surface area contributed by atoms with Gasteiger partial charge in [0.15, 0.2) is 0 Å². The third kappa shape index (κ3) is 31.1. The summed E-state index contributed by atoms with van der Waals surface area (Å²) in [6.45, 7) is 9.07. The fourth-order valence-corrected chi connectivity index (χ4v) is 2.60. The molecule has 0 aromatic rings. The molecule has 0 aliphatic rings. The van der Waals surface area contributed by atoms with Gasteiger partial charge in [-0.15, -0.1) is 0 Å². The second kappa shape index (κ2) is 27.4. The average Bonchev–Trinajstić information content (AvgIpc) is 2.73. The maximum atomic E-state index is 11.3. The third-order valence-corrected chi connectivity index (χ3v) is 4.44. The smallest absolute Gasteiger partial charge is 0.305 e. The number of ether oxygens (including phenoxy) is 2. The number of unbranched alkanes of at least 4 members (excludes halogenated alkanes) is 9. The van der Waals surface area contributed by atoms with E-state index in [1.807, 2.05) is 18.2 Å². The molecular weight excluding hydrogens is 376 g/mol. The van der Waals surface area contributed by atoms with Crippen molar-refractivity contribution in [3.8, 4) is 0 Å². The Balaban J connectivity index is 0. The van der Waals surface area contributed by atoms with Crippen molar-refractivity contribution in [3.05, 3.63) is 24.3 Å². The summed E-state index contributed by atoms with van der Waals surface area (Å²) < 4.78 is 9.91. The van der Waals surface area contributed by atoms with Gasteiger partial charge in [-0.05, 0) is 25.7 Å². The zero-order valence-corrected chi connectivity index (χ0v) is 20.3. The van der Waals surface area contributed by atoms with Gasteiger partial charge >= 0.3 is 11.9 Å². The minimum Gasteiger partial charge on any atom is -0.466 e. The van der Waals surface area contributed by atoms with E-state index >= 15 is 0 Å². The van der Waals surface area contributed by atoms with E-state index in [1.165, 1.54) is 58.3 Å². The first kappa shape index (κ1) is 30.6. The predicted molar refractivity (Wildman–Crippen MR) is 128 cm³/mol. The Bertz CT molecular complexity index is 427. The first-order valence-electron chi connectivity index (χ1n) is 12.2. The summed E-state index contributed by atoms with van der Waals surface area (Å²) in [6, 6.07) is 0. The molecule has 0 spiro atoms. The van der Waals surface area contributed by atoms with Crippen LogP contribution >= 0.6 is 0 Å². The van der Waals surface area contributed by atoms with Crippen molar-refractivity contribution in [2.24, 2.45) is 0 Å². The van der Waals surface area contributed by atoms with E-state index in [0.29, 0.717) is 19.6 Å². The Labute approximate surface area is 186 Å². The van der Waals surface area contributed by atoms with Gasteiger partial charge in [-0.3, -0.25) is 9.59 Å². The van der Waals surface area contributed by atoms with E-state index in [0.717, 1.165) is 32.1 Å². The zero-order chi connectivity index (χ0) is 22.7. The number of carbonyl (C=O) groups is 2. The molecule has 176 valence electrons. The van der Waals surface area contributed by atoms with Gasteiger partial charge in [0, 0.05) is 13.3 Å². The van der Waals surface area contributed by atoms with Crippen LogP contribution in [0.15, 0.2) is 24.3 Å². The van der Waals surface area contributed by atoms with Crippen LogP contribution in [0.3, 0.4) is 0 Å². The molecular formula is C26H48O4. The Kier molecular flexibility index (Phi) is 28.0. The second-order valence-electron chi connectivity index (χ2n) is 7.57. The summed E-state index contributed by atoms with van der Waals surface area (Å²) in [5, 5.41) is 0. The topological polar surface area (TPSA) is 52.6 Å². The molecule has 0 saturated heterocycles. The first-order chi connectivity index (χ1) is 14.6. The molecule has 0 heterocycles. The molecule has 0 radical (unpaired) electrons. The lowest BCUT2D eigenvalue weighted by Crippen LogP contribution is -2.05. The van der Waals surface area contributed by atoms with Crippen LogP contribution in [0.2, 0.25) is 0 Å². The van der Waals surface area contributed by atoms with Crippen LogP contribution < -0.4 is 0 Å². The zero-order valence-electron chi connectivity index (χ0n) is 20.3. The summed E-state index contributed by atoms with van der Waals surface area (Å²) in [5.41, 5.74) is 0. The molecule has 0 fully saturated rings. The molecule has 0 N–H and O–H groups in total. The van der Waals surface area contributed by atoms with E-state index in [4.69, 9.17) is 9.47 Å². The highest BCUT2D eigenvalue weighted by molar-refractivity contribution is 5.69. The van der Waals surface area contributed by atoms with E-state index in [-0.39, 0.29) is 11.9 Å². The van der Waals surface area contributed by atoms with Crippen LogP contribution in [0.4, 0.5) is 0 Å². The van der Waals surface area contributed by atoms with E-state index in [2.05, 4.69) is 26.8 Å². The van der Waals surface area contributed by atoms with E-state index in [9.17, 15) is 9.59 Å². The molecule has 0 rings (SSSR count). The molecule has 4 nitrogen and oxygen atoms in total. The molecule has 30 heavy (non-hydrogen) atoms. The van der Waals surface area contributed by atoms with Gasteiger partial charge in [-0.1, -0.05) is 103 Å². The fraction of sp³-hybridized carbons (Fsp3) is 0.769. The third-order valence-electron chi connectivity index (χ3n) is 4.44.